The van der Waals surface area contributed by atoms with Gasteiger partial charge in [0, 0.05) is 5.69 Å². The second-order valence-corrected chi connectivity index (χ2v) is 7.09. The van der Waals surface area contributed by atoms with Crippen LogP contribution in [0.5, 0.6) is 0 Å². The molecule has 1 aromatic carbocycles. The Morgan fingerprint density at radius 3 is 2.78 bits per heavy atom. The lowest BCUT2D eigenvalue weighted by Gasteiger charge is -2.11. The Balaban J connectivity index is 1.58. The number of thiophene rings is 1. The molecule has 140 valence electrons. The average molecular weight is 402 g/mol. The molecule has 0 aliphatic heterocycles. The number of H-pyrrole nitrogens is 1. The first-order valence-electron chi connectivity index (χ1n) is 8.42. The summed E-state index contributed by atoms with van der Waals surface area (Å²) in [5, 5.41) is 14.3. The summed E-state index contributed by atoms with van der Waals surface area (Å²) in [5.74, 6) is 0.00854. The number of hydrogen-bond donors (Lipinski definition) is 3. The molecular weight excluding hydrogens is 382 g/mol. The van der Waals surface area contributed by atoms with Crippen LogP contribution in [0.15, 0.2) is 41.8 Å². The summed E-state index contributed by atoms with van der Waals surface area (Å²) in [6, 6.07) is 11.4. The van der Waals surface area contributed by atoms with Crippen LogP contribution in [0.25, 0.3) is 10.7 Å². The van der Waals surface area contributed by atoms with Crippen molar-refractivity contribution in [3.8, 4) is 10.7 Å². The number of amides is 2. The Hall–Kier alpha value is -2.78. The molecule has 3 rings (SSSR count). The third-order valence-electron chi connectivity index (χ3n) is 3.92. The number of carbonyl (C=O) groups excluding carboxylic acids is 2. The Labute approximate surface area is 165 Å². The monoisotopic (exact) mass is 401 g/mol. The van der Waals surface area contributed by atoms with Gasteiger partial charge in [0.2, 0.25) is 11.8 Å². The summed E-state index contributed by atoms with van der Waals surface area (Å²) >= 11 is 6.71. The maximum absolute atomic E-state index is 12.3. The summed E-state index contributed by atoms with van der Waals surface area (Å²) in [6.45, 7) is 1.89. The highest BCUT2D eigenvalue weighted by Crippen LogP contribution is 2.22. The van der Waals surface area contributed by atoms with Gasteiger partial charge in [0.1, 0.15) is 6.54 Å². The number of para-hydroxylation sites is 1. The summed E-state index contributed by atoms with van der Waals surface area (Å²) in [5.41, 5.74) is 1.80. The number of benzene rings is 1. The van der Waals surface area contributed by atoms with Crippen molar-refractivity contribution in [1.82, 2.24) is 20.1 Å². The third kappa shape index (κ3) is 4.69. The molecule has 0 atom stereocenters. The number of nitrogens with one attached hydrogen (secondary N) is 3. The predicted molar refractivity (Wildman–Crippen MR) is 108 cm³/mol. The predicted octanol–water partition coefficient (Wildman–Crippen LogP) is 2.99. The number of carbonyl (C=O) groups is 2. The highest BCUT2D eigenvalue weighted by molar-refractivity contribution is 7.71. The van der Waals surface area contributed by atoms with Crippen molar-refractivity contribution < 1.29 is 9.59 Å². The lowest BCUT2D eigenvalue weighted by molar-refractivity contribution is -0.124. The van der Waals surface area contributed by atoms with Crippen molar-refractivity contribution in [1.29, 1.82) is 0 Å². The van der Waals surface area contributed by atoms with Gasteiger partial charge in [-0.05, 0) is 41.7 Å². The SMILES string of the molecule is CCc1ccccc1NC(=O)CNC(=O)Cn1c(-c2cccs2)n[nH]c1=S. The van der Waals surface area contributed by atoms with Gasteiger partial charge in [0.05, 0.1) is 11.4 Å². The van der Waals surface area contributed by atoms with E-state index in [0.717, 1.165) is 22.5 Å². The van der Waals surface area contributed by atoms with Gasteiger partial charge in [-0.25, -0.2) is 0 Å². The zero-order valence-corrected chi connectivity index (χ0v) is 16.3. The number of aryl methyl sites for hydroxylation is 1. The van der Waals surface area contributed by atoms with Crippen molar-refractivity contribution in [2.24, 2.45) is 0 Å². The van der Waals surface area contributed by atoms with Crippen LogP contribution < -0.4 is 10.6 Å². The fourth-order valence-electron chi connectivity index (χ4n) is 2.58. The molecular formula is C18H19N5O2S2. The van der Waals surface area contributed by atoms with Crippen LogP contribution in [0.2, 0.25) is 0 Å². The molecule has 0 aliphatic rings. The van der Waals surface area contributed by atoms with E-state index in [1.807, 2.05) is 48.7 Å². The number of aromatic nitrogens is 3. The first kappa shape index (κ1) is 19.0. The summed E-state index contributed by atoms with van der Waals surface area (Å²) in [4.78, 5) is 25.3. The van der Waals surface area contributed by atoms with Crippen molar-refractivity contribution in [3.63, 3.8) is 0 Å². The molecule has 2 aromatic heterocycles. The van der Waals surface area contributed by atoms with Gasteiger partial charge in [-0.3, -0.25) is 19.3 Å². The Morgan fingerprint density at radius 1 is 1.22 bits per heavy atom. The standard InChI is InChI=1S/C18H19N5O2S2/c1-2-12-6-3-4-7-13(12)20-15(24)10-19-16(25)11-23-17(21-22-18(23)26)14-8-5-9-27-14/h3-9H,2,10-11H2,1H3,(H,19,25)(H,20,24)(H,22,26). The Bertz CT molecular complexity index is 991. The van der Waals surface area contributed by atoms with E-state index in [1.54, 1.807) is 4.57 Å². The highest BCUT2D eigenvalue weighted by Gasteiger charge is 2.14. The molecule has 0 radical (unpaired) electrons. The van der Waals surface area contributed by atoms with E-state index >= 15 is 0 Å². The van der Waals surface area contributed by atoms with Gasteiger partial charge >= 0.3 is 0 Å². The number of nitrogens with zero attached hydrogens (tertiary/aromatic N) is 2. The van der Waals surface area contributed by atoms with E-state index in [2.05, 4.69) is 20.8 Å². The minimum Gasteiger partial charge on any atom is -0.345 e. The van der Waals surface area contributed by atoms with Crippen molar-refractivity contribution >= 4 is 41.1 Å². The minimum absolute atomic E-state index is 0.0125. The van der Waals surface area contributed by atoms with Crippen LogP contribution in [0.3, 0.4) is 0 Å². The van der Waals surface area contributed by atoms with E-state index in [9.17, 15) is 9.59 Å². The zero-order chi connectivity index (χ0) is 19.2. The smallest absolute Gasteiger partial charge is 0.243 e. The summed E-state index contributed by atoms with van der Waals surface area (Å²) in [6.07, 6.45) is 0.813. The molecule has 7 nitrogen and oxygen atoms in total. The molecule has 27 heavy (non-hydrogen) atoms. The third-order valence-corrected chi connectivity index (χ3v) is 5.10. The van der Waals surface area contributed by atoms with E-state index in [0.29, 0.717) is 10.6 Å². The van der Waals surface area contributed by atoms with Gasteiger partial charge in [-0.2, -0.15) is 5.10 Å². The average Bonchev–Trinajstić information content (AvgIpc) is 3.31. The van der Waals surface area contributed by atoms with Gasteiger partial charge in [-0.15, -0.1) is 11.3 Å². The lowest BCUT2D eigenvalue weighted by atomic mass is 10.1. The fourth-order valence-corrected chi connectivity index (χ4v) is 3.50. The van der Waals surface area contributed by atoms with Crippen LogP contribution in [0.4, 0.5) is 5.69 Å². The molecule has 2 amide bonds. The van der Waals surface area contributed by atoms with Crippen LogP contribution in [0.1, 0.15) is 12.5 Å². The fraction of sp³-hybridized carbons (Fsp3) is 0.222. The highest BCUT2D eigenvalue weighted by atomic mass is 32.1. The van der Waals surface area contributed by atoms with Crippen molar-refractivity contribution in [2.45, 2.75) is 19.9 Å². The molecule has 0 spiro atoms. The van der Waals surface area contributed by atoms with Gasteiger partial charge in [-0.1, -0.05) is 31.2 Å². The molecule has 0 saturated carbocycles. The maximum Gasteiger partial charge on any atom is 0.243 e. The second kappa shape index (κ2) is 8.74. The zero-order valence-electron chi connectivity index (χ0n) is 14.7. The number of hydrogen-bond acceptors (Lipinski definition) is 5. The lowest BCUT2D eigenvalue weighted by Crippen LogP contribution is -2.35. The summed E-state index contributed by atoms with van der Waals surface area (Å²) < 4.78 is 1.97. The van der Waals surface area contributed by atoms with E-state index < -0.39 is 0 Å². The van der Waals surface area contributed by atoms with Crippen LogP contribution in [-0.4, -0.2) is 33.1 Å². The van der Waals surface area contributed by atoms with Crippen molar-refractivity contribution in [2.75, 3.05) is 11.9 Å². The van der Waals surface area contributed by atoms with Crippen molar-refractivity contribution in [3.05, 3.63) is 52.1 Å². The van der Waals surface area contributed by atoms with E-state index in [1.165, 1.54) is 11.3 Å². The molecule has 0 bridgehead atoms. The first-order valence-corrected chi connectivity index (χ1v) is 9.70. The number of aromatic amines is 1. The normalized spacial score (nSPS) is 10.6. The number of anilines is 1. The molecule has 0 saturated heterocycles. The maximum atomic E-state index is 12.3. The first-order chi connectivity index (χ1) is 13.1. The topological polar surface area (TPSA) is 91.8 Å². The molecule has 0 fully saturated rings. The molecule has 0 unspecified atom stereocenters. The van der Waals surface area contributed by atoms with Gasteiger partial charge in [0.15, 0.2) is 10.6 Å². The van der Waals surface area contributed by atoms with E-state index in [4.69, 9.17) is 12.2 Å². The molecule has 0 aliphatic carbocycles. The van der Waals surface area contributed by atoms with Gasteiger partial charge < -0.3 is 10.6 Å². The second-order valence-electron chi connectivity index (χ2n) is 5.75. The molecule has 3 aromatic rings. The van der Waals surface area contributed by atoms with Gasteiger partial charge in [0.25, 0.3) is 0 Å². The van der Waals surface area contributed by atoms with Crippen LogP contribution in [-0.2, 0) is 22.6 Å². The summed E-state index contributed by atoms with van der Waals surface area (Å²) in [7, 11) is 0. The van der Waals surface area contributed by atoms with Crippen LogP contribution >= 0.6 is 23.6 Å². The Kier molecular flexibility index (Phi) is 6.15. The Morgan fingerprint density at radius 2 is 2.04 bits per heavy atom. The largest absolute Gasteiger partial charge is 0.345 e. The molecule has 9 heteroatoms. The minimum atomic E-state index is -0.316. The van der Waals surface area contributed by atoms with Crippen LogP contribution in [0, 0.1) is 4.77 Å². The van der Waals surface area contributed by atoms with E-state index in [-0.39, 0.29) is 24.9 Å². The molecule has 2 heterocycles. The molecule has 3 N–H and O–H groups in total. The number of rotatable bonds is 7. The quantitative estimate of drug-likeness (QED) is 0.531.